The quantitative estimate of drug-likeness (QED) is 0.844. The van der Waals surface area contributed by atoms with Gasteiger partial charge in [0.05, 0.1) is 12.0 Å². The van der Waals surface area contributed by atoms with Gasteiger partial charge in [-0.2, -0.15) is 26.3 Å². The van der Waals surface area contributed by atoms with Crippen molar-refractivity contribution in [1.29, 1.82) is 0 Å². The van der Waals surface area contributed by atoms with Crippen LogP contribution in [0.3, 0.4) is 0 Å². The van der Waals surface area contributed by atoms with Crippen molar-refractivity contribution in [3.8, 4) is 0 Å². The minimum atomic E-state index is -4.47. The van der Waals surface area contributed by atoms with Crippen molar-refractivity contribution >= 4 is 11.7 Å². The highest BCUT2D eigenvalue weighted by Gasteiger charge is 2.32. The summed E-state index contributed by atoms with van der Waals surface area (Å²) in [5.74, 6) is -0.366. The van der Waals surface area contributed by atoms with Gasteiger partial charge in [0.25, 0.3) is 0 Å². The number of aromatic nitrogens is 1. The van der Waals surface area contributed by atoms with Crippen LogP contribution in [0.15, 0.2) is 18.3 Å². The molecule has 4 nitrogen and oxygen atoms in total. The smallest absolute Gasteiger partial charge is 0.354 e. The van der Waals surface area contributed by atoms with Gasteiger partial charge in [-0.25, -0.2) is 4.98 Å². The normalized spacial score (nSPS) is 18.8. The van der Waals surface area contributed by atoms with Crippen molar-refractivity contribution in [2.24, 2.45) is 0 Å². The Balaban J connectivity index is 1.85. The molecule has 24 heavy (non-hydrogen) atoms. The molecule has 1 atom stereocenters. The zero-order valence-electron chi connectivity index (χ0n) is 12.4. The molecule has 1 fully saturated rings. The summed E-state index contributed by atoms with van der Waals surface area (Å²) in [5, 5.41) is 2.50. The number of halogens is 6. The summed E-state index contributed by atoms with van der Waals surface area (Å²) < 4.78 is 73.6. The van der Waals surface area contributed by atoms with Crippen LogP contribution in [-0.2, 0) is 11.0 Å². The Morgan fingerprint density at radius 3 is 2.50 bits per heavy atom. The first kappa shape index (κ1) is 18.3. The van der Waals surface area contributed by atoms with Gasteiger partial charge in [0.2, 0.25) is 5.91 Å². The van der Waals surface area contributed by atoms with Crippen LogP contribution < -0.4 is 10.2 Å². The van der Waals surface area contributed by atoms with Crippen LogP contribution in [0.25, 0.3) is 0 Å². The third kappa shape index (κ3) is 5.27. The number of rotatable bonds is 4. The first-order valence-electron chi connectivity index (χ1n) is 7.19. The molecule has 1 N–H and O–H groups in total. The SMILES string of the molecule is O=C(CCC(F)(F)F)NC1CCN(c2ccc(C(F)(F)F)cn2)C1. The highest BCUT2D eigenvalue weighted by molar-refractivity contribution is 5.76. The molecule has 0 radical (unpaired) electrons. The minimum absolute atomic E-state index is 0.288. The van der Waals surface area contributed by atoms with Crippen molar-refractivity contribution in [2.45, 2.75) is 37.7 Å². The lowest BCUT2D eigenvalue weighted by Crippen LogP contribution is -2.37. The summed E-state index contributed by atoms with van der Waals surface area (Å²) in [6.45, 7) is 0.735. The topological polar surface area (TPSA) is 45.2 Å². The predicted molar refractivity (Wildman–Crippen MR) is 73.3 cm³/mol. The summed E-state index contributed by atoms with van der Waals surface area (Å²) in [6, 6.07) is 1.80. The van der Waals surface area contributed by atoms with Gasteiger partial charge in [-0.3, -0.25) is 4.79 Å². The van der Waals surface area contributed by atoms with E-state index in [4.69, 9.17) is 0 Å². The Hall–Kier alpha value is -2.00. The number of nitrogens with zero attached hydrogens (tertiary/aromatic N) is 2. The van der Waals surface area contributed by atoms with Gasteiger partial charge in [-0.1, -0.05) is 0 Å². The Bertz CT molecular complexity index is 569. The number of nitrogens with one attached hydrogen (secondary N) is 1. The number of carbonyl (C=O) groups is 1. The molecule has 10 heteroatoms. The molecule has 134 valence electrons. The lowest BCUT2D eigenvalue weighted by atomic mass is 10.2. The van der Waals surface area contributed by atoms with E-state index in [1.165, 1.54) is 6.07 Å². The van der Waals surface area contributed by atoms with Crippen LogP contribution >= 0.6 is 0 Å². The molecule has 2 heterocycles. The van der Waals surface area contributed by atoms with E-state index in [-0.39, 0.29) is 12.6 Å². The van der Waals surface area contributed by atoms with Crippen LogP contribution in [0.5, 0.6) is 0 Å². The number of hydrogen-bond donors (Lipinski definition) is 1. The van der Waals surface area contributed by atoms with Crippen LogP contribution in [-0.4, -0.2) is 36.2 Å². The molecule has 0 bridgehead atoms. The van der Waals surface area contributed by atoms with Gasteiger partial charge in [0.15, 0.2) is 0 Å². The zero-order valence-corrected chi connectivity index (χ0v) is 12.4. The predicted octanol–water partition coefficient (Wildman–Crippen LogP) is 3.14. The number of carbonyl (C=O) groups excluding carboxylic acids is 1. The van der Waals surface area contributed by atoms with E-state index in [1.807, 2.05) is 0 Å². The molecule has 1 aromatic rings. The number of amides is 1. The molecule has 0 aromatic carbocycles. The van der Waals surface area contributed by atoms with Gasteiger partial charge < -0.3 is 10.2 Å². The van der Waals surface area contributed by atoms with Crippen LogP contribution in [0.4, 0.5) is 32.2 Å². The van der Waals surface area contributed by atoms with Gasteiger partial charge >= 0.3 is 12.4 Å². The summed E-state index contributed by atoms with van der Waals surface area (Å²) in [5.41, 5.74) is -0.859. The number of pyridine rings is 1. The second-order valence-electron chi connectivity index (χ2n) is 5.52. The molecule has 1 aliphatic heterocycles. The average molecular weight is 355 g/mol. The minimum Gasteiger partial charge on any atom is -0.354 e. The van der Waals surface area contributed by atoms with Crippen molar-refractivity contribution in [2.75, 3.05) is 18.0 Å². The maximum Gasteiger partial charge on any atom is 0.417 e. The Morgan fingerprint density at radius 1 is 1.25 bits per heavy atom. The third-order valence-electron chi connectivity index (χ3n) is 3.59. The van der Waals surface area contributed by atoms with Gasteiger partial charge in [-0.05, 0) is 18.6 Å². The summed E-state index contributed by atoms with van der Waals surface area (Å²) in [7, 11) is 0. The fourth-order valence-corrected chi connectivity index (χ4v) is 2.38. The molecule has 1 unspecified atom stereocenters. The Morgan fingerprint density at radius 2 is 1.96 bits per heavy atom. The van der Waals surface area contributed by atoms with Crippen molar-refractivity contribution in [3.63, 3.8) is 0 Å². The molecule has 1 aromatic heterocycles. The summed E-state index contributed by atoms with van der Waals surface area (Å²) in [6.07, 6.45) is -9.46. The third-order valence-corrected chi connectivity index (χ3v) is 3.59. The monoisotopic (exact) mass is 355 g/mol. The Kier molecular flexibility index (Phi) is 5.24. The lowest BCUT2D eigenvalue weighted by molar-refractivity contribution is -0.144. The van der Waals surface area contributed by atoms with Crippen LogP contribution in [0.1, 0.15) is 24.8 Å². The zero-order chi connectivity index (χ0) is 18.0. The second kappa shape index (κ2) is 6.86. The molecule has 1 amide bonds. The molecule has 2 rings (SSSR count). The van der Waals surface area contributed by atoms with Crippen molar-refractivity contribution in [3.05, 3.63) is 23.9 Å². The molecule has 0 saturated carbocycles. The molecule has 1 saturated heterocycles. The first-order valence-corrected chi connectivity index (χ1v) is 7.19. The number of alkyl halides is 6. The van der Waals surface area contributed by atoms with E-state index in [9.17, 15) is 31.1 Å². The standard InChI is InChI=1S/C14H15F6N3O/c15-13(16,17)5-3-12(24)22-10-4-6-23(8-10)11-2-1-9(7-21-11)14(18,19)20/h1-2,7,10H,3-6,8H2,(H,22,24). The lowest BCUT2D eigenvalue weighted by Gasteiger charge is -2.18. The van der Waals surface area contributed by atoms with Crippen molar-refractivity contribution < 1.29 is 31.1 Å². The maximum atomic E-state index is 12.5. The molecular weight excluding hydrogens is 340 g/mol. The first-order chi connectivity index (χ1) is 11.0. The molecule has 1 aliphatic rings. The highest BCUT2D eigenvalue weighted by Crippen LogP contribution is 2.30. The summed E-state index contributed by atoms with van der Waals surface area (Å²) >= 11 is 0. The van der Waals surface area contributed by atoms with E-state index in [0.717, 1.165) is 12.3 Å². The molecule has 0 aliphatic carbocycles. The fraction of sp³-hybridized carbons (Fsp3) is 0.571. The number of anilines is 1. The largest absolute Gasteiger partial charge is 0.417 e. The fourth-order valence-electron chi connectivity index (χ4n) is 2.38. The van der Waals surface area contributed by atoms with Gasteiger partial charge in [0.1, 0.15) is 5.82 Å². The second-order valence-corrected chi connectivity index (χ2v) is 5.52. The van der Waals surface area contributed by atoms with Gasteiger partial charge in [0, 0.05) is 31.7 Å². The maximum absolute atomic E-state index is 12.5. The number of hydrogen-bond acceptors (Lipinski definition) is 3. The van der Waals surface area contributed by atoms with Crippen LogP contribution in [0.2, 0.25) is 0 Å². The van der Waals surface area contributed by atoms with E-state index >= 15 is 0 Å². The van der Waals surface area contributed by atoms with E-state index < -0.39 is 36.7 Å². The summed E-state index contributed by atoms with van der Waals surface area (Å²) in [4.78, 5) is 16.9. The van der Waals surface area contributed by atoms with E-state index in [0.29, 0.717) is 18.8 Å². The highest BCUT2D eigenvalue weighted by atomic mass is 19.4. The molecule has 0 spiro atoms. The van der Waals surface area contributed by atoms with E-state index in [1.54, 1.807) is 4.90 Å². The molecular formula is C14H15F6N3O. The van der Waals surface area contributed by atoms with Gasteiger partial charge in [-0.15, -0.1) is 0 Å². The van der Waals surface area contributed by atoms with Crippen molar-refractivity contribution in [1.82, 2.24) is 10.3 Å². The average Bonchev–Trinajstić information content (AvgIpc) is 2.92. The van der Waals surface area contributed by atoms with Crippen LogP contribution in [0, 0.1) is 0 Å². The van der Waals surface area contributed by atoms with E-state index in [2.05, 4.69) is 10.3 Å². The Labute approximate surface area is 133 Å².